The summed E-state index contributed by atoms with van der Waals surface area (Å²) in [6, 6.07) is 14.9. The normalized spacial score (nSPS) is 11.1. The van der Waals surface area contributed by atoms with Crippen LogP contribution in [0.4, 0.5) is 11.4 Å². The molecule has 2 aromatic carbocycles. The Bertz CT molecular complexity index is 609. The second-order valence-corrected chi connectivity index (χ2v) is 5.19. The van der Waals surface area contributed by atoms with Crippen LogP contribution in [0.5, 0.6) is 0 Å². The van der Waals surface area contributed by atoms with Gasteiger partial charge < -0.3 is 5.73 Å². The van der Waals surface area contributed by atoms with E-state index in [0.717, 1.165) is 0 Å². The average molecular weight is 248 g/mol. The minimum Gasteiger partial charge on any atom is -0.397 e. The number of nitrogens with one attached hydrogen (secondary N) is 1. The summed E-state index contributed by atoms with van der Waals surface area (Å²) in [5.74, 6) is 0. The van der Waals surface area contributed by atoms with Gasteiger partial charge in [-0.1, -0.05) is 30.3 Å². The predicted molar refractivity (Wildman–Crippen MR) is 68.1 cm³/mol. The van der Waals surface area contributed by atoms with Crippen molar-refractivity contribution in [2.24, 2.45) is 0 Å². The van der Waals surface area contributed by atoms with Crippen molar-refractivity contribution >= 4 is 21.4 Å². The second kappa shape index (κ2) is 4.47. The molecule has 5 heteroatoms. The Kier molecular flexibility index (Phi) is 3.01. The van der Waals surface area contributed by atoms with Gasteiger partial charge in [0.25, 0.3) is 10.0 Å². The van der Waals surface area contributed by atoms with Gasteiger partial charge in [0, 0.05) is 0 Å². The van der Waals surface area contributed by atoms with Crippen LogP contribution in [0, 0.1) is 0 Å². The number of anilines is 2. The van der Waals surface area contributed by atoms with E-state index in [1.165, 1.54) is 12.1 Å². The molecule has 17 heavy (non-hydrogen) atoms. The minimum absolute atomic E-state index is 0.211. The number of nitrogen functional groups attached to an aromatic ring is 1. The van der Waals surface area contributed by atoms with Gasteiger partial charge in [-0.05, 0) is 24.3 Å². The van der Waals surface area contributed by atoms with E-state index in [-0.39, 0.29) is 4.90 Å². The molecule has 0 heterocycles. The molecule has 0 bridgehead atoms. The standard InChI is InChI=1S/C12H12N2O2S/c13-11-8-4-5-9-12(11)14-17(15,16)10-6-2-1-3-7-10/h1-9,14H,13H2. The van der Waals surface area contributed by atoms with Gasteiger partial charge in [-0.3, -0.25) is 4.72 Å². The number of nitrogens with two attached hydrogens (primary N) is 1. The third-order valence-electron chi connectivity index (χ3n) is 2.26. The first-order valence-electron chi connectivity index (χ1n) is 5.02. The zero-order chi connectivity index (χ0) is 12.3. The summed E-state index contributed by atoms with van der Waals surface area (Å²) >= 11 is 0. The summed E-state index contributed by atoms with van der Waals surface area (Å²) < 4.78 is 26.4. The first-order valence-corrected chi connectivity index (χ1v) is 6.50. The maximum absolute atomic E-state index is 12.0. The van der Waals surface area contributed by atoms with Gasteiger partial charge in [0.1, 0.15) is 0 Å². The van der Waals surface area contributed by atoms with Crippen molar-refractivity contribution in [3.63, 3.8) is 0 Å². The fourth-order valence-electron chi connectivity index (χ4n) is 1.39. The van der Waals surface area contributed by atoms with Crippen molar-refractivity contribution in [1.29, 1.82) is 0 Å². The summed E-state index contributed by atoms with van der Waals surface area (Å²) in [6.07, 6.45) is 0. The number of hydrogen-bond acceptors (Lipinski definition) is 3. The zero-order valence-corrected chi connectivity index (χ0v) is 9.81. The van der Waals surface area contributed by atoms with E-state index < -0.39 is 10.0 Å². The molecule has 0 aliphatic heterocycles. The molecule has 0 saturated carbocycles. The molecular weight excluding hydrogens is 236 g/mol. The summed E-state index contributed by atoms with van der Waals surface area (Å²) in [5, 5.41) is 0. The molecular formula is C12H12N2O2S. The van der Waals surface area contributed by atoms with Crippen LogP contribution in [0.25, 0.3) is 0 Å². The molecule has 4 nitrogen and oxygen atoms in total. The zero-order valence-electron chi connectivity index (χ0n) is 9.00. The monoisotopic (exact) mass is 248 g/mol. The Morgan fingerprint density at radius 1 is 0.882 bits per heavy atom. The van der Waals surface area contributed by atoms with Crippen molar-refractivity contribution < 1.29 is 8.42 Å². The van der Waals surface area contributed by atoms with E-state index in [0.29, 0.717) is 11.4 Å². The van der Waals surface area contributed by atoms with Gasteiger partial charge in [-0.15, -0.1) is 0 Å². The molecule has 2 rings (SSSR count). The Labute approximate surface area is 100 Å². The van der Waals surface area contributed by atoms with E-state index >= 15 is 0 Å². The van der Waals surface area contributed by atoms with Gasteiger partial charge >= 0.3 is 0 Å². The number of rotatable bonds is 3. The molecule has 0 atom stereocenters. The lowest BCUT2D eigenvalue weighted by atomic mass is 10.3. The lowest BCUT2D eigenvalue weighted by Gasteiger charge is -2.09. The average Bonchev–Trinajstić information content (AvgIpc) is 2.33. The van der Waals surface area contributed by atoms with Crippen LogP contribution in [0.15, 0.2) is 59.5 Å². The lowest BCUT2D eigenvalue weighted by Crippen LogP contribution is -2.13. The first-order chi connectivity index (χ1) is 8.09. The summed E-state index contributed by atoms with van der Waals surface area (Å²) in [4.78, 5) is 0.211. The highest BCUT2D eigenvalue weighted by atomic mass is 32.2. The van der Waals surface area contributed by atoms with E-state index in [1.54, 1.807) is 42.5 Å². The van der Waals surface area contributed by atoms with Gasteiger partial charge in [-0.2, -0.15) is 0 Å². The molecule has 0 spiro atoms. The quantitative estimate of drug-likeness (QED) is 0.817. The van der Waals surface area contributed by atoms with E-state index in [4.69, 9.17) is 5.73 Å². The Hall–Kier alpha value is -2.01. The Balaban J connectivity index is 2.34. The number of para-hydroxylation sites is 2. The van der Waals surface area contributed by atoms with Crippen LogP contribution in [-0.2, 0) is 10.0 Å². The van der Waals surface area contributed by atoms with Crippen LogP contribution >= 0.6 is 0 Å². The number of hydrogen-bond donors (Lipinski definition) is 2. The van der Waals surface area contributed by atoms with E-state index in [1.807, 2.05) is 0 Å². The summed E-state index contributed by atoms with van der Waals surface area (Å²) in [5.41, 5.74) is 6.46. The molecule has 0 unspecified atom stereocenters. The molecule has 3 N–H and O–H groups in total. The highest BCUT2D eigenvalue weighted by molar-refractivity contribution is 7.92. The van der Waals surface area contributed by atoms with Crippen molar-refractivity contribution in [3.8, 4) is 0 Å². The second-order valence-electron chi connectivity index (χ2n) is 3.51. The summed E-state index contributed by atoms with van der Waals surface area (Å²) in [6.45, 7) is 0. The third-order valence-corrected chi connectivity index (χ3v) is 3.64. The molecule has 2 aromatic rings. The van der Waals surface area contributed by atoms with E-state index in [9.17, 15) is 8.42 Å². The highest BCUT2D eigenvalue weighted by Gasteiger charge is 2.14. The maximum atomic E-state index is 12.0. The van der Waals surface area contributed by atoms with Gasteiger partial charge in [0.15, 0.2) is 0 Å². The molecule has 0 aromatic heterocycles. The maximum Gasteiger partial charge on any atom is 0.261 e. The molecule has 0 aliphatic rings. The Morgan fingerprint density at radius 2 is 1.47 bits per heavy atom. The topological polar surface area (TPSA) is 72.2 Å². The predicted octanol–water partition coefficient (Wildman–Crippen LogP) is 2.07. The van der Waals surface area contributed by atoms with Crippen LogP contribution in [0.1, 0.15) is 0 Å². The molecule has 0 saturated heterocycles. The summed E-state index contributed by atoms with van der Waals surface area (Å²) in [7, 11) is -3.57. The Morgan fingerprint density at radius 3 is 2.12 bits per heavy atom. The van der Waals surface area contributed by atoms with Crippen LogP contribution < -0.4 is 10.5 Å². The molecule has 88 valence electrons. The van der Waals surface area contributed by atoms with E-state index in [2.05, 4.69) is 4.72 Å². The molecule has 0 amide bonds. The van der Waals surface area contributed by atoms with Gasteiger partial charge in [0.05, 0.1) is 16.3 Å². The van der Waals surface area contributed by atoms with Crippen LogP contribution in [0.2, 0.25) is 0 Å². The van der Waals surface area contributed by atoms with Crippen LogP contribution in [0.3, 0.4) is 0 Å². The third kappa shape index (κ3) is 2.57. The number of sulfonamides is 1. The SMILES string of the molecule is Nc1ccccc1NS(=O)(=O)c1ccccc1. The minimum atomic E-state index is -3.57. The van der Waals surface area contributed by atoms with Crippen molar-refractivity contribution in [2.75, 3.05) is 10.5 Å². The van der Waals surface area contributed by atoms with Crippen molar-refractivity contribution in [1.82, 2.24) is 0 Å². The largest absolute Gasteiger partial charge is 0.397 e. The fraction of sp³-hybridized carbons (Fsp3) is 0. The molecule has 0 fully saturated rings. The number of benzene rings is 2. The highest BCUT2D eigenvalue weighted by Crippen LogP contribution is 2.21. The van der Waals surface area contributed by atoms with Crippen LogP contribution in [-0.4, -0.2) is 8.42 Å². The molecule has 0 aliphatic carbocycles. The first kappa shape index (κ1) is 11.5. The van der Waals surface area contributed by atoms with Gasteiger partial charge in [0.2, 0.25) is 0 Å². The van der Waals surface area contributed by atoms with Gasteiger partial charge in [-0.25, -0.2) is 8.42 Å². The molecule has 0 radical (unpaired) electrons. The smallest absolute Gasteiger partial charge is 0.261 e. The van der Waals surface area contributed by atoms with Crippen molar-refractivity contribution in [3.05, 3.63) is 54.6 Å². The van der Waals surface area contributed by atoms with Crippen molar-refractivity contribution in [2.45, 2.75) is 4.90 Å². The lowest BCUT2D eigenvalue weighted by molar-refractivity contribution is 0.601. The fourth-order valence-corrected chi connectivity index (χ4v) is 2.50.